The standard InChI is InChI=1S/C13H23Br/c1-12(2,3)13(14)10-6-4-7-11(13)9-5-8-10/h10-11H,4-9H2,1-3H3. The second kappa shape index (κ2) is 3.50. The summed E-state index contributed by atoms with van der Waals surface area (Å²) in [6.07, 6.45) is 8.77. The van der Waals surface area contributed by atoms with E-state index in [1.165, 1.54) is 38.5 Å². The van der Waals surface area contributed by atoms with E-state index in [2.05, 4.69) is 36.7 Å². The number of hydrogen-bond donors (Lipinski definition) is 0. The van der Waals surface area contributed by atoms with Gasteiger partial charge in [-0.05, 0) is 42.9 Å². The molecule has 0 atom stereocenters. The molecule has 2 aliphatic rings. The summed E-state index contributed by atoms with van der Waals surface area (Å²) in [7, 11) is 0. The van der Waals surface area contributed by atoms with Crippen LogP contribution in [0.25, 0.3) is 0 Å². The molecule has 0 heterocycles. The van der Waals surface area contributed by atoms with Gasteiger partial charge < -0.3 is 0 Å². The summed E-state index contributed by atoms with van der Waals surface area (Å²) in [4.78, 5) is 0. The minimum atomic E-state index is 0.420. The lowest BCUT2D eigenvalue weighted by Crippen LogP contribution is -2.54. The molecule has 0 aromatic heterocycles. The molecule has 2 fully saturated rings. The van der Waals surface area contributed by atoms with E-state index in [9.17, 15) is 0 Å². The first kappa shape index (κ1) is 11.0. The van der Waals surface area contributed by atoms with E-state index >= 15 is 0 Å². The van der Waals surface area contributed by atoms with E-state index in [1.807, 2.05) is 0 Å². The van der Waals surface area contributed by atoms with Crippen molar-refractivity contribution >= 4 is 15.9 Å². The van der Waals surface area contributed by atoms with E-state index in [1.54, 1.807) is 0 Å². The molecule has 14 heavy (non-hydrogen) atoms. The first-order chi connectivity index (χ1) is 6.46. The van der Waals surface area contributed by atoms with Gasteiger partial charge in [0, 0.05) is 4.32 Å². The van der Waals surface area contributed by atoms with E-state index in [0.717, 1.165) is 11.8 Å². The van der Waals surface area contributed by atoms with Crippen LogP contribution in [-0.4, -0.2) is 4.32 Å². The summed E-state index contributed by atoms with van der Waals surface area (Å²) in [5.41, 5.74) is 0.420. The molecule has 0 spiro atoms. The van der Waals surface area contributed by atoms with Gasteiger partial charge in [0.1, 0.15) is 0 Å². The van der Waals surface area contributed by atoms with Crippen LogP contribution in [0.2, 0.25) is 0 Å². The van der Waals surface area contributed by atoms with Gasteiger partial charge in [-0.1, -0.05) is 49.5 Å². The normalized spacial score (nSPS) is 43.7. The fraction of sp³-hybridized carbons (Fsp3) is 1.00. The van der Waals surface area contributed by atoms with Gasteiger partial charge in [0.05, 0.1) is 0 Å². The predicted molar refractivity (Wildman–Crippen MR) is 65.8 cm³/mol. The minimum absolute atomic E-state index is 0.420. The molecule has 2 bridgehead atoms. The molecule has 0 N–H and O–H groups in total. The SMILES string of the molecule is CC(C)(C)C1(Br)C2CCCC1CCC2. The van der Waals surface area contributed by atoms with E-state index < -0.39 is 0 Å². The minimum Gasteiger partial charge on any atom is -0.0842 e. The maximum Gasteiger partial charge on any atom is 0.0362 e. The van der Waals surface area contributed by atoms with Crippen molar-refractivity contribution in [2.45, 2.75) is 63.6 Å². The Kier molecular flexibility index (Phi) is 2.75. The van der Waals surface area contributed by atoms with Gasteiger partial charge >= 0.3 is 0 Å². The van der Waals surface area contributed by atoms with E-state index in [4.69, 9.17) is 0 Å². The predicted octanol–water partition coefficient (Wildman–Crippen LogP) is 4.77. The van der Waals surface area contributed by atoms with Crippen molar-refractivity contribution < 1.29 is 0 Å². The van der Waals surface area contributed by atoms with Crippen molar-refractivity contribution in [3.63, 3.8) is 0 Å². The Morgan fingerprint density at radius 3 is 1.50 bits per heavy atom. The van der Waals surface area contributed by atoms with E-state index in [-0.39, 0.29) is 0 Å². The molecule has 2 rings (SSSR count). The molecule has 0 radical (unpaired) electrons. The van der Waals surface area contributed by atoms with Crippen molar-refractivity contribution in [3.8, 4) is 0 Å². The van der Waals surface area contributed by atoms with Gasteiger partial charge in [-0.15, -0.1) is 0 Å². The third kappa shape index (κ3) is 1.47. The van der Waals surface area contributed by atoms with Crippen molar-refractivity contribution in [1.29, 1.82) is 0 Å². The van der Waals surface area contributed by atoms with Crippen molar-refractivity contribution in [2.24, 2.45) is 17.3 Å². The lowest BCUT2D eigenvalue weighted by Gasteiger charge is -2.56. The maximum atomic E-state index is 4.16. The van der Waals surface area contributed by atoms with Gasteiger partial charge in [0.25, 0.3) is 0 Å². The quantitative estimate of drug-likeness (QED) is 0.550. The monoisotopic (exact) mass is 258 g/mol. The molecule has 0 amide bonds. The Bertz CT molecular complexity index is 192. The Morgan fingerprint density at radius 1 is 0.929 bits per heavy atom. The summed E-state index contributed by atoms with van der Waals surface area (Å²) in [6.45, 7) is 7.25. The van der Waals surface area contributed by atoms with Gasteiger partial charge in [-0.3, -0.25) is 0 Å². The van der Waals surface area contributed by atoms with Crippen LogP contribution in [0, 0.1) is 17.3 Å². The number of alkyl halides is 1. The molecule has 1 heteroatoms. The Morgan fingerprint density at radius 2 is 1.29 bits per heavy atom. The molecule has 0 aliphatic heterocycles. The molecule has 82 valence electrons. The maximum absolute atomic E-state index is 4.16. The number of hydrogen-bond acceptors (Lipinski definition) is 0. The molecular weight excluding hydrogens is 236 g/mol. The lowest BCUT2D eigenvalue weighted by molar-refractivity contribution is 0.0485. The van der Waals surface area contributed by atoms with Crippen LogP contribution < -0.4 is 0 Å². The lowest BCUT2D eigenvalue weighted by atomic mass is 9.56. The highest BCUT2D eigenvalue weighted by Gasteiger charge is 2.53. The van der Waals surface area contributed by atoms with Crippen molar-refractivity contribution in [2.75, 3.05) is 0 Å². The van der Waals surface area contributed by atoms with Crippen LogP contribution in [0.5, 0.6) is 0 Å². The van der Waals surface area contributed by atoms with Crippen molar-refractivity contribution in [1.82, 2.24) is 0 Å². The summed E-state index contributed by atoms with van der Waals surface area (Å²) in [5.74, 6) is 1.88. The Balaban J connectivity index is 2.31. The Labute approximate surface area is 97.0 Å². The van der Waals surface area contributed by atoms with Crippen LogP contribution >= 0.6 is 15.9 Å². The van der Waals surface area contributed by atoms with Crippen LogP contribution in [0.3, 0.4) is 0 Å². The Hall–Kier alpha value is 0.480. The third-order valence-electron chi connectivity index (χ3n) is 4.55. The zero-order chi connectivity index (χ0) is 10.4. The van der Waals surface area contributed by atoms with E-state index in [0.29, 0.717) is 9.74 Å². The van der Waals surface area contributed by atoms with Crippen LogP contribution in [0.4, 0.5) is 0 Å². The molecule has 0 nitrogen and oxygen atoms in total. The average Bonchev–Trinajstić information content (AvgIpc) is 2.00. The van der Waals surface area contributed by atoms with Crippen LogP contribution in [-0.2, 0) is 0 Å². The summed E-state index contributed by atoms with van der Waals surface area (Å²) < 4.78 is 0.441. The largest absolute Gasteiger partial charge is 0.0842 e. The molecule has 0 aromatic carbocycles. The number of rotatable bonds is 0. The second-order valence-electron chi connectivity index (χ2n) is 6.27. The average molecular weight is 259 g/mol. The zero-order valence-corrected chi connectivity index (χ0v) is 11.4. The number of halogens is 1. The van der Waals surface area contributed by atoms with Crippen LogP contribution in [0.1, 0.15) is 59.3 Å². The molecule has 0 saturated heterocycles. The van der Waals surface area contributed by atoms with Gasteiger partial charge in [-0.25, -0.2) is 0 Å². The first-order valence-corrected chi connectivity index (χ1v) is 6.94. The molecule has 0 unspecified atom stereocenters. The highest BCUT2D eigenvalue weighted by molar-refractivity contribution is 9.10. The van der Waals surface area contributed by atoms with Gasteiger partial charge in [-0.2, -0.15) is 0 Å². The highest BCUT2D eigenvalue weighted by atomic mass is 79.9. The number of fused-ring (bicyclic) bond motifs is 2. The molecule has 0 aromatic rings. The highest BCUT2D eigenvalue weighted by Crippen LogP contribution is 2.59. The molecular formula is C13H23Br. The first-order valence-electron chi connectivity index (χ1n) is 6.15. The zero-order valence-electron chi connectivity index (χ0n) is 9.78. The molecule has 2 aliphatic carbocycles. The van der Waals surface area contributed by atoms with Gasteiger partial charge in [0.15, 0.2) is 0 Å². The summed E-state index contributed by atoms with van der Waals surface area (Å²) >= 11 is 4.16. The fourth-order valence-electron chi connectivity index (χ4n) is 3.91. The van der Waals surface area contributed by atoms with Crippen LogP contribution in [0.15, 0.2) is 0 Å². The topological polar surface area (TPSA) is 0 Å². The smallest absolute Gasteiger partial charge is 0.0362 e. The molecule has 2 saturated carbocycles. The fourth-order valence-corrected chi connectivity index (χ4v) is 4.82. The van der Waals surface area contributed by atoms with Crippen molar-refractivity contribution in [3.05, 3.63) is 0 Å². The third-order valence-corrected chi connectivity index (χ3v) is 7.03. The summed E-state index contributed by atoms with van der Waals surface area (Å²) in [5, 5.41) is 0. The van der Waals surface area contributed by atoms with Gasteiger partial charge in [0.2, 0.25) is 0 Å². The summed E-state index contributed by atoms with van der Waals surface area (Å²) in [6, 6.07) is 0. The second-order valence-corrected chi connectivity index (χ2v) is 7.59.